The molecule has 6 nitrogen and oxygen atoms in total. The highest BCUT2D eigenvalue weighted by molar-refractivity contribution is 6.22. The van der Waals surface area contributed by atoms with Crippen molar-refractivity contribution in [3.05, 3.63) is 101 Å². The molecular formula is C32H27NO5. The van der Waals surface area contributed by atoms with Crippen LogP contribution in [0.15, 0.2) is 78.9 Å². The van der Waals surface area contributed by atoms with E-state index in [1.54, 1.807) is 24.3 Å². The predicted molar refractivity (Wildman–Crippen MR) is 143 cm³/mol. The maximum Gasteiger partial charge on any atom is 0.189 e. The minimum atomic E-state index is -1.14. The highest BCUT2D eigenvalue weighted by Gasteiger charge is 2.69. The maximum atomic E-state index is 14.7. The monoisotopic (exact) mass is 505 g/mol. The lowest BCUT2D eigenvalue weighted by Crippen LogP contribution is -2.51. The first kappa shape index (κ1) is 23.0. The van der Waals surface area contributed by atoms with Crippen LogP contribution >= 0.6 is 0 Å². The molecule has 2 aliphatic heterocycles. The molecule has 4 atom stereocenters. The summed E-state index contributed by atoms with van der Waals surface area (Å²) in [5, 5.41) is 22.2. The second kappa shape index (κ2) is 8.17. The molecule has 2 N–H and O–H groups in total. The Morgan fingerprint density at radius 3 is 2.53 bits per heavy atom. The van der Waals surface area contributed by atoms with Crippen molar-refractivity contribution in [2.75, 3.05) is 13.7 Å². The molecule has 4 aromatic carbocycles. The number of methoxy groups -OCH3 is 1. The van der Waals surface area contributed by atoms with Gasteiger partial charge in [-0.25, -0.2) is 0 Å². The van der Waals surface area contributed by atoms with Crippen LogP contribution in [0.2, 0.25) is 0 Å². The van der Waals surface area contributed by atoms with Crippen LogP contribution in [0.1, 0.15) is 50.6 Å². The first-order chi connectivity index (χ1) is 18.5. The van der Waals surface area contributed by atoms with Crippen LogP contribution in [0.3, 0.4) is 0 Å². The van der Waals surface area contributed by atoms with E-state index in [-0.39, 0.29) is 40.8 Å². The SMILES string of the molecule is COc1cc(C(=O)C2C(c3ccc(O)cc3)C3CCCN3C23C(=O)c2cccc4cccc3c24)ccc1O. The molecule has 2 saturated heterocycles. The summed E-state index contributed by atoms with van der Waals surface area (Å²) in [4.78, 5) is 31.7. The van der Waals surface area contributed by atoms with Crippen molar-refractivity contribution in [2.45, 2.75) is 30.3 Å². The van der Waals surface area contributed by atoms with E-state index in [4.69, 9.17) is 4.74 Å². The normalized spacial score (nSPS) is 25.8. The molecular weight excluding hydrogens is 478 g/mol. The standard InChI is InChI=1S/C32H27NO5/c1-38-26-17-20(12-15-25(26)35)30(36)29-28(19-10-13-21(34)14-11-19)24-9-4-16-33(24)32(29)23-8-3-6-18-5-2-7-22(27(18)23)31(32)37/h2-3,5-8,10-15,17,24,28-29,34-35H,4,9,16H2,1H3. The van der Waals surface area contributed by atoms with Crippen molar-refractivity contribution in [3.8, 4) is 17.2 Å². The summed E-state index contributed by atoms with van der Waals surface area (Å²) in [5.41, 5.74) is 1.74. The van der Waals surface area contributed by atoms with Crippen molar-refractivity contribution in [2.24, 2.45) is 5.92 Å². The number of ether oxygens (including phenoxy) is 1. The molecule has 0 amide bonds. The lowest BCUT2D eigenvalue weighted by atomic mass is 9.68. The molecule has 1 aliphatic carbocycles. The van der Waals surface area contributed by atoms with Gasteiger partial charge < -0.3 is 14.9 Å². The van der Waals surface area contributed by atoms with Crippen molar-refractivity contribution in [1.29, 1.82) is 0 Å². The van der Waals surface area contributed by atoms with Gasteiger partial charge in [-0.15, -0.1) is 0 Å². The molecule has 6 heteroatoms. The second-order valence-electron chi connectivity index (χ2n) is 10.6. The Balaban J connectivity index is 1.52. The van der Waals surface area contributed by atoms with E-state index in [0.29, 0.717) is 11.1 Å². The van der Waals surface area contributed by atoms with E-state index in [9.17, 15) is 19.8 Å². The average Bonchev–Trinajstić information content (AvgIpc) is 3.59. The van der Waals surface area contributed by atoms with Gasteiger partial charge in [0, 0.05) is 23.1 Å². The number of Topliss-reactive ketones (excluding diaryl/α,β-unsaturated/α-hetero) is 2. The number of aromatic hydroxyl groups is 2. The Morgan fingerprint density at radius 2 is 1.76 bits per heavy atom. The van der Waals surface area contributed by atoms with E-state index in [2.05, 4.69) is 4.90 Å². The number of phenols is 2. The van der Waals surface area contributed by atoms with Crippen molar-refractivity contribution in [1.82, 2.24) is 4.90 Å². The molecule has 4 aromatic rings. The van der Waals surface area contributed by atoms with E-state index in [1.165, 1.54) is 13.2 Å². The molecule has 7 rings (SSSR count). The number of benzene rings is 4. The van der Waals surface area contributed by atoms with Crippen molar-refractivity contribution >= 4 is 22.3 Å². The van der Waals surface area contributed by atoms with Crippen molar-refractivity contribution in [3.63, 3.8) is 0 Å². The molecule has 0 saturated carbocycles. The summed E-state index contributed by atoms with van der Waals surface area (Å²) >= 11 is 0. The van der Waals surface area contributed by atoms with Crippen LogP contribution in [-0.2, 0) is 5.54 Å². The predicted octanol–water partition coefficient (Wildman–Crippen LogP) is 5.41. The zero-order chi connectivity index (χ0) is 26.2. The number of phenolic OH excluding ortho intramolecular Hbond substituents is 2. The first-order valence-corrected chi connectivity index (χ1v) is 13.0. The van der Waals surface area contributed by atoms with Gasteiger partial charge in [0.2, 0.25) is 0 Å². The van der Waals surface area contributed by atoms with Crippen LogP contribution in [0.5, 0.6) is 17.2 Å². The Labute approximate surface area is 220 Å². The minimum absolute atomic E-state index is 0.0129. The molecule has 38 heavy (non-hydrogen) atoms. The highest BCUT2D eigenvalue weighted by Crippen LogP contribution is 2.62. The number of hydrogen-bond donors (Lipinski definition) is 2. The summed E-state index contributed by atoms with van der Waals surface area (Å²) in [6, 6.07) is 23.5. The number of hydrogen-bond acceptors (Lipinski definition) is 6. The van der Waals surface area contributed by atoms with Gasteiger partial charge in [0.15, 0.2) is 23.1 Å². The smallest absolute Gasteiger partial charge is 0.189 e. The van der Waals surface area contributed by atoms with Gasteiger partial charge >= 0.3 is 0 Å². The Hall–Kier alpha value is -4.16. The Morgan fingerprint density at radius 1 is 1.00 bits per heavy atom. The van der Waals surface area contributed by atoms with Gasteiger partial charge in [0.25, 0.3) is 0 Å². The fraction of sp³-hybridized carbons (Fsp3) is 0.250. The molecule has 2 heterocycles. The summed E-state index contributed by atoms with van der Waals surface area (Å²) in [6.45, 7) is 0.720. The fourth-order valence-corrected chi connectivity index (χ4v) is 7.51. The zero-order valence-corrected chi connectivity index (χ0v) is 20.9. The van der Waals surface area contributed by atoms with E-state index >= 15 is 0 Å². The van der Waals surface area contributed by atoms with Crippen LogP contribution < -0.4 is 4.74 Å². The zero-order valence-electron chi connectivity index (χ0n) is 20.9. The lowest BCUT2D eigenvalue weighted by molar-refractivity contribution is 0.0519. The number of nitrogens with zero attached hydrogens (tertiary/aromatic N) is 1. The first-order valence-electron chi connectivity index (χ1n) is 13.0. The minimum Gasteiger partial charge on any atom is -0.508 e. The summed E-state index contributed by atoms with van der Waals surface area (Å²) in [5.74, 6) is -0.834. The maximum absolute atomic E-state index is 14.7. The molecule has 0 radical (unpaired) electrons. The topological polar surface area (TPSA) is 87.1 Å². The Bertz CT molecular complexity index is 1620. The third kappa shape index (κ3) is 2.86. The van der Waals surface area contributed by atoms with Crippen molar-refractivity contribution < 1.29 is 24.5 Å². The van der Waals surface area contributed by atoms with Gasteiger partial charge in [-0.2, -0.15) is 0 Å². The van der Waals surface area contributed by atoms with Gasteiger partial charge in [-0.1, -0.05) is 48.5 Å². The van der Waals surface area contributed by atoms with Crippen LogP contribution in [0.4, 0.5) is 0 Å². The number of rotatable bonds is 4. The van der Waals surface area contributed by atoms with E-state index < -0.39 is 11.5 Å². The molecule has 0 bridgehead atoms. The van der Waals surface area contributed by atoms with Crippen LogP contribution in [0, 0.1) is 5.92 Å². The molecule has 0 aromatic heterocycles. The molecule has 2 fully saturated rings. The lowest BCUT2D eigenvalue weighted by Gasteiger charge is -2.38. The van der Waals surface area contributed by atoms with E-state index in [0.717, 1.165) is 41.3 Å². The molecule has 4 unspecified atom stereocenters. The molecule has 1 spiro atoms. The number of fused-ring (bicyclic) bond motifs is 3. The summed E-state index contributed by atoms with van der Waals surface area (Å²) in [6.07, 6.45) is 1.81. The van der Waals surface area contributed by atoms with Gasteiger partial charge in [-0.3, -0.25) is 14.5 Å². The average molecular weight is 506 g/mol. The third-order valence-electron chi connectivity index (χ3n) is 8.91. The van der Waals surface area contributed by atoms with E-state index in [1.807, 2.05) is 48.5 Å². The molecule has 190 valence electrons. The number of ketones is 2. The number of carbonyl (C=O) groups is 2. The van der Waals surface area contributed by atoms with Gasteiger partial charge in [-0.05, 0) is 71.6 Å². The largest absolute Gasteiger partial charge is 0.508 e. The fourth-order valence-electron chi connectivity index (χ4n) is 7.51. The quantitative estimate of drug-likeness (QED) is 0.361. The van der Waals surface area contributed by atoms with Gasteiger partial charge in [0.05, 0.1) is 13.0 Å². The Kier molecular flexibility index (Phi) is 4.94. The highest BCUT2D eigenvalue weighted by atomic mass is 16.5. The summed E-state index contributed by atoms with van der Waals surface area (Å²) < 4.78 is 5.33. The van der Waals surface area contributed by atoms with Gasteiger partial charge in [0.1, 0.15) is 11.3 Å². The third-order valence-corrected chi connectivity index (χ3v) is 8.91. The molecule has 3 aliphatic rings. The van der Waals surface area contributed by atoms with Crippen LogP contribution in [0.25, 0.3) is 10.8 Å². The summed E-state index contributed by atoms with van der Waals surface area (Å²) in [7, 11) is 1.45. The van der Waals surface area contributed by atoms with Crippen LogP contribution in [-0.4, -0.2) is 46.4 Å². The second-order valence-corrected chi connectivity index (χ2v) is 10.6. The number of carbonyl (C=O) groups excluding carboxylic acids is 2.